The largest absolute Gasteiger partial charge is 0.355 e. The van der Waals surface area contributed by atoms with E-state index in [9.17, 15) is 13.2 Å². The van der Waals surface area contributed by atoms with Crippen LogP contribution in [0.1, 0.15) is 5.56 Å². The van der Waals surface area contributed by atoms with E-state index in [0.29, 0.717) is 13.0 Å². The molecule has 122 valence electrons. The first-order chi connectivity index (χ1) is 11.0. The maximum atomic E-state index is 12.1. The highest BCUT2D eigenvalue weighted by molar-refractivity contribution is 7.89. The highest BCUT2D eigenvalue weighted by atomic mass is 35.5. The van der Waals surface area contributed by atoms with Gasteiger partial charge in [0.2, 0.25) is 15.9 Å². The number of halogens is 1. The van der Waals surface area contributed by atoms with Crippen LogP contribution in [0, 0.1) is 0 Å². The number of carbonyl (C=O) groups is 1. The molecule has 0 saturated heterocycles. The summed E-state index contributed by atoms with van der Waals surface area (Å²) < 4.78 is 26.4. The fourth-order valence-corrected chi connectivity index (χ4v) is 3.45. The van der Waals surface area contributed by atoms with Crippen molar-refractivity contribution < 1.29 is 13.2 Å². The van der Waals surface area contributed by atoms with Crippen molar-refractivity contribution >= 4 is 27.5 Å². The molecule has 0 heterocycles. The quantitative estimate of drug-likeness (QED) is 0.800. The van der Waals surface area contributed by atoms with Crippen LogP contribution in [-0.4, -0.2) is 27.4 Å². The van der Waals surface area contributed by atoms with Crippen molar-refractivity contribution in [2.24, 2.45) is 0 Å². The summed E-state index contributed by atoms with van der Waals surface area (Å²) in [6, 6.07) is 15.8. The van der Waals surface area contributed by atoms with Crippen molar-refractivity contribution in [2.45, 2.75) is 11.3 Å². The summed E-state index contributed by atoms with van der Waals surface area (Å²) in [6.07, 6.45) is 0.684. The summed E-state index contributed by atoms with van der Waals surface area (Å²) in [5.41, 5.74) is 1.10. The predicted octanol–water partition coefficient (Wildman–Crippen LogP) is 1.98. The van der Waals surface area contributed by atoms with Gasteiger partial charge in [0.15, 0.2) is 0 Å². The van der Waals surface area contributed by atoms with Crippen LogP contribution in [0.5, 0.6) is 0 Å². The predicted molar refractivity (Wildman–Crippen MR) is 89.8 cm³/mol. The van der Waals surface area contributed by atoms with E-state index < -0.39 is 15.9 Å². The van der Waals surface area contributed by atoms with Crippen LogP contribution in [0.25, 0.3) is 0 Å². The molecule has 0 unspecified atom stereocenters. The number of carbonyl (C=O) groups excluding carboxylic acids is 1. The molecule has 0 spiro atoms. The van der Waals surface area contributed by atoms with Crippen molar-refractivity contribution in [1.82, 2.24) is 10.0 Å². The standard InChI is InChI=1S/C16H17ClN2O3S/c17-14-8-4-5-9-15(14)23(21,22)19-12-16(20)18-11-10-13-6-2-1-3-7-13/h1-9,19H,10-12H2,(H,18,20). The molecule has 5 nitrogen and oxygen atoms in total. The number of hydrogen-bond acceptors (Lipinski definition) is 3. The fourth-order valence-electron chi connectivity index (χ4n) is 1.95. The van der Waals surface area contributed by atoms with Gasteiger partial charge in [0.05, 0.1) is 11.6 Å². The first-order valence-corrected chi connectivity index (χ1v) is 8.90. The molecule has 0 aliphatic rings. The van der Waals surface area contributed by atoms with Gasteiger partial charge in [-0.15, -0.1) is 0 Å². The molecule has 0 radical (unpaired) electrons. The highest BCUT2D eigenvalue weighted by Crippen LogP contribution is 2.19. The molecular weight excluding hydrogens is 336 g/mol. The van der Waals surface area contributed by atoms with E-state index in [4.69, 9.17) is 11.6 Å². The third kappa shape index (κ3) is 5.35. The van der Waals surface area contributed by atoms with Gasteiger partial charge in [-0.25, -0.2) is 13.1 Å². The van der Waals surface area contributed by atoms with Crippen molar-refractivity contribution in [3.63, 3.8) is 0 Å². The second kappa shape index (κ2) is 8.10. The van der Waals surface area contributed by atoms with E-state index in [2.05, 4.69) is 10.0 Å². The normalized spacial score (nSPS) is 11.2. The smallest absolute Gasteiger partial charge is 0.242 e. The average Bonchev–Trinajstić information content (AvgIpc) is 2.54. The van der Waals surface area contributed by atoms with Gasteiger partial charge in [-0.3, -0.25) is 4.79 Å². The Labute approximate surface area is 140 Å². The van der Waals surface area contributed by atoms with Crippen LogP contribution in [-0.2, 0) is 21.2 Å². The van der Waals surface area contributed by atoms with Crippen molar-refractivity contribution in [3.05, 3.63) is 65.2 Å². The maximum Gasteiger partial charge on any atom is 0.242 e. The van der Waals surface area contributed by atoms with E-state index in [1.807, 2.05) is 30.3 Å². The Morgan fingerprint density at radius 2 is 1.65 bits per heavy atom. The Kier molecular flexibility index (Phi) is 6.15. The monoisotopic (exact) mass is 352 g/mol. The molecule has 0 fully saturated rings. The van der Waals surface area contributed by atoms with Crippen LogP contribution >= 0.6 is 11.6 Å². The maximum absolute atomic E-state index is 12.1. The second-order valence-corrected chi connectivity index (χ2v) is 6.98. The zero-order valence-corrected chi connectivity index (χ0v) is 13.9. The van der Waals surface area contributed by atoms with Gasteiger partial charge in [-0.1, -0.05) is 54.1 Å². The first-order valence-electron chi connectivity index (χ1n) is 7.04. The van der Waals surface area contributed by atoms with E-state index in [1.54, 1.807) is 12.1 Å². The number of sulfonamides is 1. The van der Waals surface area contributed by atoms with E-state index in [0.717, 1.165) is 5.56 Å². The lowest BCUT2D eigenvalue weighted by Crippen LogP contribution is -2.37. The molecule has 7 heteroatoms. The zero-order chi connectivity index (χ0) is 16.7. The SMILES string of the molecule is O=C(CNS(=O)(=O)c1ccccc1Cl)NCCc1ccccc1. The van der Waals surface area contributed by atoms with Crippen LogP contribution in [0.4, 0.5) is 0 Å². The minimum Gasteiger partial charge on any atom is -0.355 e. The van der Waals surface area contributed by atoms with Crippen molar-refractivity contribution in [2.75, 3.05) is 13.1 Å². The molecular formula is C16H17ClN2O3S. The second-order valence-electron chi connectivity index (χ2n) is 4.84. The van der Waals surface area contributed by atoms with Gasteiger partial charge in [0.25, 0.3) is 0 Å². The van der Waals surface area contributed by atoms with Crippen molar-refractivity contribution in [1.29, 1.82) is 0 Å². The Balaban J connectivity index is 1.81. The number of hydrogen-bond donors (Lipinski definition) is 2. The van der Waals surface area contributed by atoms with Crippen LogP contribution < -0.4 is 10.0 Å². The molecule has 0 aliphatic heterocycles. The minimum absolute atomic E-state index is 0.0428. The lowest BCUT2D eigenvalue weighted by molar-refractivity contribution is -0.119. The van der Waals surface area contributed by atoms with Gasteiger partial charge in [0.1, 0.15) is 4.90 Å². The molecule has 23 heavy (non-hydrogen) atoms. The molecule has 2 rings (SSSR count). The molecule has 0 atom stereocenters. The molecule has 2 N–H and O–H groups in total. The molecule has 0 aliphatic carbocycles. The Hall–Kier alpha value is -1.89. The van der Waals surface area contributed by atoms with Crippen molar-refractivity contribution in [3.8, 4) is 0 Å². The summed E-state index contributed by atoms with van der Waals surface area (Å²) in [5.74, 6) is -0.392. The summed E-state index contributed by atoms with van der Waals surface area (Å²) >= 11 is 5.86. The van der Waals surface area contributed by atoms with E-state index >= 15 is 0 Å². The summed E-state index contributed by atoms with van der Waals surface area (Å²) in [7, 11) is -3.81. The number of amides is 1. The van der Waals surface area contributed by atoms with Gasteiger partial charge in [0, 0.05) is 6.54 Å². The number of nitrogens with one attached hydrogen (secondary N) is 2. The number of benzene rings is 2. The Morgan fingerprint density at radius 3 is 2.35 bits per heavy atom. The lowest BCUT2D eigenvalue weighted by Gasteiger charge is -2.09. The summed E-state index contributed by atoms with van der Waals surface area (Å²) in [5, 5.41) is 2.79. The lowest BCUT2D eigenvalue weighted by atomic mass is 10.1. The van der Waals surface area contributed by atoms with Gasteiger partial charge >= 0.3 is 0 Å². The third-order valence-corrected chi connectivity index (χ3v) is 5.03. The molecule has 0 aromatic heterocycles. The third-order valence-electron chi connectivity index (χ3n) is 3.13. The number of rotatable bonds is 7. The molecule has 2 aromatic rings. The molecule has 2 aromatic carbocycles. The average molecular weight is 353 g/mol. The summed E-state index contributed by atoms with van der Waals surface area (Å²) in [6.45, 7) is 0.110. The highest BCUT2D eigenvalue weighted by Gasteiger charge is 2.18. The zero-order valence-electron chi connectivity index (χ0n) is 12.3. The Bertz CT molecular complexity index is 764. The van der Waals surface area contributed by atoms with Crippen LogP contribution in [0.2, 0.25) is 5.02 Å². The van der Waals surface area contributed by atoms with Crippen LogP contribution in [0.15, 0.2) is 59.5 Å². The molecule has 0 bridgehead atoms. The van der Waals surface area contributed by atoms with E-state index in [1.165, 1.54) is 12.1 Å². The minimum atomic E-state index is -3.81. The van der Waals surface area contributed by atoms with Gasteiger partial charge < -0.3 is 5.32 Å². The first kappa shape index (κ1) is 17.5. The topological polar surface area (TPSA) is 75.3 Å². The Morgan fingerprint density at radius 1 is 1.00 bits per heavy atom. The molecule has 1 amide bonds. The van der Waals surface area contributed by atoms with Crippen LogP contribution in [0.3, 0.4) is 0 Å². The van der Waals surface area contributed by atoms with E-state index in [-0.39, 0.29) is 16.5 Å². The van der Waals surface area contributed by atoms with Gasteiger partial charge in [-0.05, 0) is 24.1 Å². The van der Waals surface area contributed by atoms with Gasteiger partial charge in [-0.2, -0.15) is 0 Å². The fraction of sp³-hybridized carbons (Fsp3) is 0.188. The molecule has 0 saturated carbocycles. The summed E-state index contributed by atoms with van der Waals surface area (Å²) in [4.78, 5) is 11.7.